The molecular formula is C24H29F2N7O3. The fraction of sp³-hybridized carbons (Fsp3) is 0.542. The molecule has 1 saturated carbocycles. The van der Waals surface area contributed by atoms with Gasteiger partial charge in [0, 0.05) is 31.4 Å². The molecule has 36 heavy (non-hydrogen) atoms. The Labute approximate surface area is 206 Å². The Hall–Kier alpha value is -3.41. The molecule has 4 heterocycles. The first-order chi connectivity index (χ1) is 17.2. The van der Waals surface area contributed by atoms with Gasteiger partial charge in [-0.3, -0.25) is 9.48 Å². The lowest BCUT2D eigenvalue weighted by atomic mass is 9.87. The van der Waals surface area contributed by atoms with Crippen molar-refractivity contribution < 1.29 is 23.1 Å². The number of halogens is 2. The van der Waals surface area contributed by atoms with Gasteiger partial charge in [0.05, 0.1) is 30.1 Å². The summed E-state index contributed by atoms with van der Waals surface area (Å²) in [5.74, 6) is 0.0885. The van der Waals surface area contributed by atoms with Gasteiger partial charge in [0.25, 0.3) is 12.3 Å². The van der Waals surface area contributed by atoms with Gasteiger partial charge >= 0.3 is 0 Å². The summed E-state index contributed by atoms with van der Waals surface area (Å²) in [5, 5.41) is 10.9. The number of aromatic nitrogens is 5. The molecule has 5 rings (SSSR count). The fourth-order valence-electron chi connectivity index (χ4n) is 4.95. The van der Waals surface area contributed by atoms with Crippen LogP contribution >= 0.6 is 0 Å². The summed E-state index contributed by atoms with van der Waals surface area (Å²) in [4.78, 5) is 30.9. The summed E-state index contributed by atoms with van der Waals surface area (Å²) in [6.07, 6.45) is 5.35. The van der Waals surface area contributed by atoms with E-state index in [9.17, 15) is 18.4 Å². The molecule has 0 aromatic carbocycles. The molecule has 1 amide bonds. The van der Waals surface area contributed by atoms with Crippen LogP contribution in [-0.2, 0) is 9.53 Å². The molecule has 1 saturated heterocycles. The lowest BCUT2D eigenvalue weighted by Crippen LogP contribution is -2.48. The number of carbonyl (C=O) groups excluding carboxylic acids is 2. The molecule has 2 aliphatic rings. The van der Waals surface area contributed by atoms with Crippen molar-refractivity contribution in [3.63, 3.8) is 0 Å². The minimum Gasteiger partial charge on any atom is -0.372 e. The number of ether oxygens (including phenoxy) is 1. The van der Waals surface area contributed by atoms with E-state index in [-0.39, 0.29) is 28.8 Å². The van der Waals surface area contributed by atoms with Crippen LogP contribution in [-0.4, -0.2) is 61.9 Å². The average molecular weight is 502 g/mol. The number of nitrogens with zero attached hydrogens (tertiary/aromatic N) is 6. The van der Waals surface area contributed by atoms with Crippen LogP contribution in [0, 0.1) is 5.92 Å². The molecular weight excluding hydrogens is 472 g/mol. The van der Waals surface area contributed by atoms with Gasteiger partial charge in [-0.05, 0) is 45.6 Å². The summed E-state index contributed by atoms with van der Waals surface area (Å²) in [7, 11) is 0. The lowest BCUT2D eigenvalue weighted by Gasteiger charge is -2.38. The maximum Gasteiger partial charge on any atom is 0.284 e. The quantitative estimate of drug-likeness (QED) is 0.514. The highest BCUT2D eigenvalue weighted by Crippen LogP contribution is 2.34. The van der Waals surface area contributed by atoms with Crippen molar-refractivity contribution in [2.75, 3.05) is 29.9 Å². The number of fused-ring (bicyclic) bond motifs is 1. The lowest BCUT2D eigenvalue weighted by molar-refractivity contribution is -0.112. The van der Waals surface area contributed by atoms with Gasteiger partial charge in [-0.2, -0.15) is 10.2 Å². The summed E-state index contributed by atoms with van der Waals surface area (Å²) >= 11 is 0. The molecule has 0 bridgehead atoms. The van der Waals surface area contributed by atoms with Gasteiger partial charge in [-0.15, -0.1) is 0 Å². The smallest absolute Gasteiger partial charge is 0.284 e. The van der Waals surface area contributed by atoms with Crippen molar-refractivity contribution in [2.45, 2.75) is 57.6 Å². The molecule has 0 atom stereocenters. The number of hydrogen-bond acceptors (Lipinski definition) is 7. The number of amides is 1. The van der Waals surface area contributed by atoms with Crippen molar-refractivity contribution in [3.05, 3.63) is 35.9 Å². The molecule has 0 radical (unpaired) electrons. The highest BCUT2D eigenvalue weighted by Gasteiger charge is 2.29. The number of anilines is 2. The molecule has 0 spiro atoms. The predicted molar refractivity (Wildman–Crippen MR) is 127 cm³/mol. The highest BCUT2D eigenvalue weighted by molar-refractivity contribution is 6.08. The number of hydrogen-bond donors (Lipinski definition) is 1. The maximum absolute atomic E-state index is 13.8. The van der Waals surface area contributed by atoms with Gasteiger partial charge in [0.2, 0.25) is 0 Å². The highest BCUT2D eigenvalue weighted by atomic mass is 19.3. The number of rotatable bonds is 6. The van der Waals surface area contributed by atoms with E-state index < -0.39 is 18.0 Å². The largest absolute Gasteiger partial charge is 0.372 e. The molecule has 0 unspecified atom stereocenters. The van der Waals surface area contributed by atoms with E-state index in [2.05, 4.69) is 25.4 Å². The normalized spacial score (nSPS) is 22.2. The second-order valence-corrected chi connectivity index (χ2v) is 10.0. The topological polar surface area (TPSA) is 107 Å². The van der Waals surface area contributed by atoms with Crippen LogP contribution in [0.15, 0.2) is 24.7 Å². The molecule has 12 heteroatoms. The van der Waals surface area contributed by atoms with Crippen molar-refractivity contribution >= 4 is 29.3 Å². The first-order valence-electron chi connectivity index (χ1n) is 12.1. The summed E-state index contributed by atoms with van der Waals surface area (Å²) < 4.78 is 36.3. The Morgan fingerprint density at radius 2 is 2.06 bits per heavy atom. The Kier molecular flexibility index (Phi) is 6.45. The van der Waals surface area contributed by atoms with Crippen LogP contribution < -0.4 is 10.2 Å². The Bertz CT molecular complexity index is 1260. The molecule has 192 valence electrons. The number of nitrogens with one attached hydrogen (secondary N) is 1. The molecule has 1 N–H and O–H groups in total. The van der Waals surface area contributed by atoms with Crippen molar-refractivity contribution in [1.82, 2.24) is 24.4 Å². The van der Waals surface area contributed by atoms with E-state index in [4.69, 9.17) is 4.74 Å². The van der Waals surface area contributed by atoms with Gasteiger partial charge in [0.1, 0.15) is 17.7 Å². The zero-order valence-corrected chi connectivity index (χ0v) is 20.2. The van der Waals surface area contributed by atoms with Crippen LogP contribution in [0.4, 0.5) is 20.3 Å². The van der Waals surface area contributed by atoms with E-state index in [1.807, 2.05) is 19.9 Å². The molecule has 1 aliphatic carbocycles. The van der Waals surface area contributed by atoms with Crippen LogP contribution in [0.5, 0.6) is 0 Å². The number of morpholine rings is 1. The second kappa shape index (κ2) is 9.57. The Morgan fingerprint density at radius 3 is 2.75 bits per heavy atom. The van der Waals surface area contributed by atoms with Crippen molar-refractivity contribution in [2.24, 2.45) is 5.92 Å². The SMILES string of the molecule is CC1(C)CN(c2ccn3ncc(C(=O)Nc4cn([C@H]5CC[C@H](C=O)CC5)nc4C(F)F)c3n2)CCO1. The van der Waals surface area contributed by atoms with E-state index in [1.165, 1.54) is 21.6 Å². The van der Waals surface area contributed by atoms with Crippen LogP contribution in [0.25, 0.3) is 5.65 Å². The minimum atomic E-state index is -2.86. The van der Waals surface area contributed by atoms with Gasteiger partial charge in [-0.1, -0.05) is 0 Å². The molecule has 2 fully saturated rings. The van der Waals surface area contributed by atoms with E-state index in [0.29, 0.717) is 56.8 Å². The zero-order chi connectivity index (χ0) is 25.4. The third-order valence-corrected chi connectivity index (χ3v) is 6.87. The molecule has 1 aliphatic heterocycles. The van der Waals surface area contributed by atoms with Crippen molar-refractivity contribution in [1.29, 1.82) is 0 Å². The third-order valence-electron chi connectivity index (χ3n) is 6.87. The first-order valence-corrected chi connectivity index (χ1v) is 12.1. The van der Waals surface area contributed by atoms with Crippen LogP contribution in [0.2, 0.25) is 0 Å². The predicted octanol–water partition coefficient (Wildman–Crippen LogP) is 3.66. The van der Waals surface area contributed by atoms with Gasteiger partial charge in [-0.25, -0.2) is 18.3 Å². The second-order valence-electron chi connectivity index (χ2n) is 10.0. The summed E-state index contributed by atoms with van der Waals surface area (Å²) in [5.41, 5.74) is -0.360. The first kappa shape index (κ1) is 24.3. The number of carbonyl (C=O) groups is 2. The Balaban J connectivity index is 1.38. The average Bonchev–Trinajstić information content (AvgIpc) is 3.47. The minimum absolute atomic E-state index is 0.00195. The number of aldehydes is 1. The van der Waals surface area contributed by atoms with Crippen LogP contribution in [0.1, 0.15) is 68.0 Å². The van der Waals surface area contributed by atoms with E-state index in [0.717, 1.165) is 6.29 Å². The van der Waals surface area contributed by atoms with Gasteiger partial charge < -0.3 is 19.7 Å². The standard InChI is InChI=1S/C24H29F2N7O3/c1-24(2)14-31(9-10-36-24)19-7-8-32-22(29-19)17(11-27-32)23(35)28-18-12-33(30-20(18)21(25)26)16-5-3-15(13-34)4-6-16/h7-8,11-13,15-16,21H,3-6,9-10,14H2,1-2H3,(H,28,35)/t15-,16-. The number of alkyl halides is 2. The van der Waals surface area contributed by atoms with E-state index in [1.54, 1.807) is 6.20 Å². The van der Waals surface area contributed by atoms with E-state index >= 15 is 0 Å². The fourth-order valence-corrected chi connectivity index (χ4v) is 4.95. The summed E-state index contributed by atoms with van der Waals surface area (Å²) in [6.45, 7) is 5.86. The monoisotopic (exact) mass is 501 g/mol. The van der Waals surface area contributed by atoms with Crippen molar-refractivity contribution in [3.8, 4) is 0 Å². The summed E-state index contributed by atoms with van der Waals surface area (Å²) in [6, 6.07) is 1.73. The molecule has 3 aromatic heterocycles. The zero-order valence-electron chi connectivity index (χ0n) is 20.2. The third kappa shape index (κ3) is 4.81. The maximum atomic E-state index is 13.8. The van der Waals surface area contributed by atoms with Crippen LogP contribution in [0.3, 0.4) is 0 Å². The Morgan fingerprint density at radius 1 is 1.28 bits per heavy atom. The molecule has 3 aromatic rings. The van der Waals surface area contributed by atoms with Gasteiger partial charge in [0.15, 0.2) is 11.3 Å². The molecule has 10 nitrogen and oxygen atoms in total.